The van der Waals surface area contributed by atoms with Crippen LogP contribution in [0.15, 0.2) is 54.6 Å². The molecule has 1 aliphatic heterocycles. The molecule has 3 aromatic rings. The van der Waals surface area contributed by atoms with E-state index >= 15 is 0 Å². The summed E-state index contributed by atoms with van der Waals surface area (Å²) in [5.41, 5.74) is 2.34. The Labute approximate surface area is 184 Å². The van der Waals surface area contributed by atoms with E-state index in [-0.39, 0.29) is 11.6 Å². The molecule has 1 saturated heterocycles. The zero-order chi connectivity index (χ0) is 21.8. The summed E-state index contributed by atoms with van der Waals surface area (Å²) in [6, 6.07) is 19.0. The van der Waals surface area contributed by atoms with Crippen molar-refractivity contribution in [2.75, 3.05) is 33.3 Å². The van der Waals surface area contributed by atoms with Crippen molar-refractivity contribution in [1.82, 2.24) is 30.0 Å². The second-order valence-electron chi connectivity index (χ2n) is 9.09. The van der Waals surface area contributed by atoms with Gasteiger partial charge in [0.1, 0.15) is 5.75 Å². The van der Waals surface area contributed by atoms with Crippen molar-refractivity contribution in [2.45, 2.75) is 38.9 Å². The Balaban J connectivity index is 1.57. The minimum absolute atomic E-state index is 0.000920. The molecule has 0 aliphatic carbocycles. The number of rotatable bonds is 6. The molecule has 7 heteroatoms. The molecule has 0 spiro atoms. The van der Waals surface area contributed by atoms with Crippen LogP contribution in [0.1, 0.15) is 43.8 Å². The molecule has 31 heavy (non-hydrogen) atoms. The molecule has 1 aromatic heterocycles. The smallest absolute Gasteiger partial charge is 0.173 e. The minimum atomic E-state index is -0.196. The van der Waals surface area contributed by atoms with Crippen molar-refractivity contribution in [3.63, 3.8) is 0 Å². The molecule has 1 atom stereocenters. The first-order chi connectivity index (χ1) is 15.0. The molecule has 0 unspecified atom stereocenters. The lowest BCUT2D eigenvalue weighted by molar-refractivity contribution is 0.0979. The van der Waals surface area contributed by atoms with Gasteiger partial charge in [-0.25, -0.2) is 4.68 Å². The number of tetrazole rings is 1. The minimum Gasteiger partial charge on any atom is -0.497 e. The molecule has 1 fully saturated rings. The van der Waals surface area contributed by atoms with Gasteiger partial charge in [0, 0.05) is 32.7 Å². The third-order valence-corrected chi connectivity index (χ3v) is 5.83. The van der Waals surface area contributed by atoms with Crippen LogP contribution in [-0.4, -0.2) is 63.3 Å². The van der Waals surface area contributed by atoms with E-state index in [9.17, 15) is 0 Å². The fourth-order valence-electron chi connectivity index (χ4n) is 4.17. The fraction of sp³-hybridized carbons (Fsp3) is 0.458. The van der Waals surface area contributed by atoms with E-state index in [0.29, 0.717) is 0 Å². The van der Waals surface area contributed by atoms with Gasteiger partial charge in [0.25, 0.3) is 0 Å². The highest BCUT2D eigenvalue weighted by atomic mass is 16.5. The lowest BCUT2D eigenvalue weighted by atomic mass is 10.0. The van der Waals surface area contributed by atoms with Gasteiger partial charge in [-0.2, -0.15) is 0 Å². The Morgan fingerprint density at radius 3 is 2.23 bits per heavy atom. The van der Waals surface area contributed by atoms with Crippen molar-refractivity contribution in [3.05, 3.63) is 71.5 Å². The predicted molar refractivity (Wildman–Crippen MR) is 121 cm³/mol. The largest absolute Gasteiger partial charge is 0.497 e. The van der Waals surface area contributed by atoms with Gasteiger partial charge in [0.2, 0.25) is 0 Å². The molecular formula is C24H32N6O. The Morgan fingerprint density at radius 2 is 1.61 bits per heavy atom. The van der Waals surface area contributed by atoms with Crippen molar-refractivity contribution >= 4 is 0 Å². The van der Waals surface area contributed by atoms with Crippen molar-refractivity contribution in [1.29, 1.82) is 0 Å². The third kappa shape index (κ3) is 4.94. The normalized spacial score (nSPS) is 16.9. The number of methoxy groups -OCH3 is 1. The molecule has 2 heterocycles. The average Bonchev–Trinajstić information content (AvgIpc) is 3.26. The summed E-state index contributed by atoms with van der Waals surface area (Å²) in [5.74, 6) is 1.74. The number of nitrogens with zero attached hydrogens (tertiary/aromatic N) is 6. The summed E-state index contributed by atoms with van der Waals surface area (Å²) >= 11 is 0. The Kier molecular flexibility index (Phi) is 6.34. The summed E-state index contributed by atoms with van der Waals surface area (Å²) in [7, 11) is 1.69. The van der Waals surface area contributed by atoms with E-state index in [1.54, 1.807) is 7.11 Å². The summed E-state index contributed by atoms with van der Waals surface area (Å²) in [5, 5.41) is 12.8. The summed E-state index contributed by atoms with van der Waals surface area (Å²) < 4.78 is 7.32. The zero-order valence-electron chi connectivity index (χ0n) is 18.9. The van der Waals surface area contributed by atoms with E-state index in [0.717, 1.165) is 44.3 Å². The Morgan fingerprint density at radius 1 is 0.935 bits per heavy atom. The van der Waals surface area contributed by atoms with Gasteiger partial charge < -0.3 is 4.74 Å². The first-order valence-electron chi connectivity index (χ1n) is 10.9. The summed E-state index contributed by atoms with van der Waals surface area (Å²) in [4.78, 5) is 5.01. The van der Waals surface area contributed by atoms with Crippen LogP contribution < -0.4 is 4.74 Å². The van der Waals surface area contributed by atoms with E-state index < -0.39 is 0 Å². The van der Waals surface area contributed by atoms with Crippen molar-refractivity contribution in [3.8, 4) is 5.75 Å². The summed E-state index contributed by atoms with van der Waals surface area (Å²) in [6.45, 7) is 11.3. The second kappa shape index (κ2) is 9.16. The highest BCUT2D eigenvalue weighted by molar-refractivity contribution is 5.32. The molecule has 0 N–H and O–H groups in total. The van der Waals surface area contributed by atoms with Gasteiger partial charge in [-0.05, 0) is 54.5 Å². The molecule has 4 rings (SSSR count). The van der Waals surface area contributed by atoms with Crippen LogP contribution >= 0.6 is 0 Å². The van der Waals surface area contributed by atoms with Gasteiger partial charge in [0.05, 0.1) is 18.7 Å². The molecule has 0 radical (unpaired) electrons. The van der Waals surface area contributed by atoms with E-state index in [4.69, 9.17) is 4.74 Å². The lowest BCUT2D eigenvalue weighted by Gasteiger charge is -2.39. The number of hydrogen-bond donors (Lipinski definition) is 0. The van der Waals surface area contributed by atoms with Crippen molar-refractivity contribution < 1.29 is 4.74 Å². The molecule has 2 aromatic carbocycles. The predicted octanol–water partition coefficient (Wildman–Crippen LogP) is 3.34. The Hall–Kier alpha value is -2.77. The number of benzene rings is 2. The van der Waals surface area contributed by atoms with Gasteiger partial charge in [-0.1, -0.05) is 42.5 Å². The van der Waals surface area contributed by atoms with Crippen LogP contribution in [0.25, 0.3) is 0 Å². The average molecular weight is 421 g/mol. The number of aromatic nitrogens is 4. The van der Waals surface area contributed by atoms with E-state index in [2.05, 4.69) is 88.6 Å². The molecular weight excluding hydrogens is 388 g/mol. The second-order valence-corrected chi connectivity index (χ2v) is 9.09. The van der Waals surface area contributed by atoms with Crippen LogP contribution in [0.3, 0.4) is 0 Å². The third-order valence-electron chi connectivity index (χ3n) is 5.83. The fourth-order valence-corrected chi connectivity index (χ4v) is 4.17. The molecule has 0 saturated carbocycles. The van der Waals surface area contributed by atoms with Crippen molar-refractivity contribution in [2.24, 2.45) is 0 Å². The number of hydrogen-bond acceptors (Lipinski definition) is 6. The molecule has 7 nitrogen and oxygen atoms in total. The Bertz CT molecular complexity index is 956. The first kappa shape index (κ1) is 21.5. The monoisotopic (exact) mass is 420 g/mol. The maximum Gasteiger partial charge on any atom is 0.173 e. The summed E-state index contributed by atoms with van der Waals surface area (Å²) in [6.07, 6.45) is 0. The molecule has 1 aliphatic rings. The van der Waals surface area contributed by atoms with Crippen LogP contribution in [0.4, 0.5) is 0 Å². The number of piperazine rings is 1. The van der Waals surface area contributed by atoms with Crippen LogP contribution in [0.2, 0.25) is 0 Å². The van der Waals surface area contributed by atoms with Crippen LogP contribution in [-0.2, 0) is 12.1 Å². The van der Waals surface area contributed by atoms with Crippen LogP contribution in [0.5, 0.6) is 5.75 Å². The van der Waals surface area contributed by atoms with E-state index in [1.807, 2.05) is 16.8 Å². The van der Waals surface area contributed by atoms with Gasteiger partial charge in [0.15, 0.2) is 5.82 Å². The van der Waals surface area contributed by atoms with Crippen LogP contribution in [0, 0.1) is 0 Å². The highest BCUT2D eigenvalue weighted by Crippen LogP contribution is 2.31. The lowest BCUT2D eigenvalue weighted by Crippen LogP contribution is -2.48. The van der Waals surface area contributed by atoms with Gasteiger partial charge in [-0.3, -0.25) is 9.80 Å². The quantitative estimate of drug-likeness (QED) is 0.610. The standard InChI is InChI=1S/C24H32N6O/c1-24(2,3)30-23(25-26-27-30)22(20-10-12-21(31-4)13-11-20)29-16-14-28(15-17-29)18-19-8-6-5-7-9-19/h5-13,22H,14-18H2,1-4H3/t22-/m0/s1. The molecule has 164 valence electrons. The first-order valence-corrected chi connectivity index (χ1v) is 10.9. The van der Waals surface area contributed by atoms with Gasteiger partial charge >= 0.3 is 0 Å². The number of ether oxygens (including phenoxy) is 1. The van der Waals surface area contributed by atoms with E-state index in [1.165, 1.54) is 11.1 Å². The van der Waals surface area contributed by atoms with Gasteiger partial charge in [-0.15, -0.1) is 5.10 Å². The molecule has 0 amide bonds. The topological polar surface area (TPSA) is 59.3 Å². The molecule has 0 bridgehead atoms. The maximum atomic E-state index is 5.37. The SMILES string of the molecule is COc1ccc([C@@H](c2nnnn2C(C)(C)C)N2CCN(Cc3ccccc3)CC2)cc1. The maximum absolute atomic E-state index is 5.37. The zero-order valence-corrected chi connectivity index (χ0v) is 18.9. The highest BCUT2D eigenvalue weighted by Gasteiger charge is 2.33.